The number of nitrogens with zero attached hydrogens (tertiary/aromatic N) is 3. The molecule has 3 aromatic rings. The van der Waals surface area contributed by atoms with Crippen molar-refractivity contribution < 1.29 is 23.6 Å². The molecule has 0 fully saturated rings. The van der Waals surface area contributed by atoms with Crippen LogP contribution in [0.25, 0.3) is 11.0 Å². The smallest absolute Gasteiger partial charge is 0.375 e. The molecule has 0 radical (unpaired) electrons. The summed E-state index contributed by atoms with van der Waals surface area (Å²) >= 11 is 6.26. The molecule has 21 heavy (non-hydrogen) atoms. The zero-order valence-electron chi connectivity index (χ0n) is 12.0. The van der Waals surface area contributed by atoms with Crippen LogP contribution in [0.1, 0.15) is 12.5 Å². The van der Waals surface area contributed by atoms with Gasteiger partial charge in [-0.3, -0.25) is 4.68 Å². The van der Waals surface area contributed by atoms with Gasteiger partial charge >= 0.3 is 18.9 Å². The van der Waals surface area contributed by atoms with E-state index in [1.807, 2.05) is 55.5 Å². The molecule has 1 aromatic heterocycles. The Balaban J connectivity index is 0.00000161. The number of rotatable bonds is 4. The summed E-state index contributed by atoms with van der Waals surface area (Å²) in [7, 11) is 0. The van der Waals surface area contributed by atoms with Crippen molar-refractivity contribution >= 4 is 22.6 Å². The van der Waals surface area contributed by atoms with E-state index in [0.717, 1.165) is 16.6 Å². The quantitative estimate of drug-likeness (QED) is 0.520. The molecule has 3 rings (SSSR count). The van der Waals surface area contributed by atoms with Crippen LogP contribution in [0.2, 0.25) is 5.02 Å². The van der Waals surface area contributed by atoms with Crippen LogP contribution in [0.15, 0.2) is 48.5 Å². The summed E-state index contributed by atoms with van der Waals surface area (Å²) in [5.41, 5.74) is 2.50. The molecule has 4 nitrogen and oxygen atoms in total. The van der Waals surface area contributed by atoms with Gasteiger partial charge in [-0.15, -0.1) is 28.8 Å². The molecule has 0 aliphatic heterocycles. The average molecular weight is 294 g/mol. The SMILES string of the molecule is CCO[C-](c1ccccc1Cl)n1nnc2ccccc21.[Li+]. The summed E-state index contributed by atoms with van der Waals surface area (Å²) in [6, 6.07) is 15.3. The minimum atomic E-state index is 0. The van der Waals surface area contributed by atoms with Crippen molar-refractivity contribution in [1.82, 2.24) is 15.0 Å². The van der Waals surface area contributed by atoms with Crippen LogP contribution >= 0.6 is 11.6 Å². The molecule has 102 valence electrons. The Hall–Kier alpha value is -1.44. The third kappa shape index (κ3) is 3.09. The Labute approximate surface area is 140 Å². The van der Waals surface area contributed by atoms with Crippen molar-refractivity contribution in [2.75, 3.05) is 6.61 Å². The number of para-hydroxylation sites is 1. The molecule has 0 unspecified atom stereocenters. The molecule has 0 atom stereocenters. The van der Waals surface area contributed by atoms with Crippen LogP contribution in [0.3, 0.4) is 0 Å². The number of ether oxygens (including phenoxy) is 1. The van der Waals surface area contributed by atoms with Crippen molar-refractivity contribution in [1.29, 1.82) is 0 Å². The maximum Gasteiger partial charge on any atom is 1.00 e. The first-order chi connectivity index (χ1) is 9.81. The van der Waals surface area contributed by atoms with Crippen molar-refractivity contribution in [2.45, 2.75) is 6.92 Å². The largest absolute Gasteiger partial charge is 1.00 e. The van der Waals surface area contributed by atoms with Crippen LogP contribution < -0.4 is 18.9 Å². The molecule has 0 saturated heterocycles. The van der Waals surface area contributed by atoms with Gasteiger partial charge in [-0.25, -0.2) is 0 Å². The van der Waals surface area contributed by atoms with Crippen LogP contribution in [-0.2, 0) is 4.74 Å². The zero-order valence-corrected chi connectivity index (χ0v) is 12.7. The van der Waals surface area contributed by atoms with E-state index in [9.17, 15) is 0 Å². The van der Waals surface area contributed by atoms with Gasteiger partial charge in [0.1, 0.15) is 0 Å². The third-order valence-electron chi connectivity index (χ3n) is 2.93. The number of benzene rings is 2. The van der Waals surface area contributed by atoms with E-state index in [1.54, 1.807) is 4.68 Å². The van der Waals surface area contributed by atoms with E-state index in [4.69, 9.17) is 16.3 Å². The van der Waals surface area contributed by atoms with Gasteiger partial charge in [0.25, 0.3) is 0 Å². The summed E-state index contributed by atoms with van der Waals surface area (Å²) in [6.07, 6.45) is 0.590. The van der Waals surface area contributed by atoms with Crippen molar-refractivity contribution in [2.24, 2.45) is 0 Å². The fourth-order valence-corrected chi connectivity index (χ4v) is 2.26. The third-order valence-corrected chi connectivity index (χ3v) is 3.26. The van der Waals surface area contributed by atoms with Gasteiger partial charge in [-0.2, -0.15) is 0 Å². The van der Waals surface area contributed by atoms with Crippen molar-refractivity contribution in [3.63, 3.8) is 0 Å². The molecule has 0 bridgehead atoms. The van der Waals surface area contributed by atoms with Crippen molar-refractivity contribution in [3.05, 3.63) is 65.3 Å². The van der Waals surface area contributed by atoms with Crippen LogP contribution in [-0.4, -0.2) is 21.6 Å². The first kappa shape index (κ1) is 15.9. The molecule has 0 aliphatic carbocycles. The molecule has 0 saturated carbocycles. The second-order valence-electron chi connectivity index (χ2n) is 4.21. The standard InChI is InChI=1S/C15H13ClN3O.Li/c1-2-20-15(11-7-3-4-8-12(11)16)19-14-10-6-5-9-13(14)17-18-19;/h3-10H,2H2,1H3;/q-1;+1. The molecular formula is C15H13ClLiN3O. The second kappa shape index (κ2) is 7.01. The fourth-order valence-electron chi connectivity index (χ4n) is 2.04. The van der Waals surface area contributed by atoms with Gasteiger partial charge in [-0.05, 0) is 18.0 Å². The molecule has 1 heterocycles. The number of aromatic nitrogens is 3. The van der Waals surface area contributed by atoms with E-state index in [1.165, 1.54) is 0 Å². The maximum absolute atomic E-state index is 6.26. The number of hydrogen-bond acceptors (Lipinski definition) is 3. The maximum atomic E-state index is 6.26. The zero-order chi connectivity index (χ0) is 13.9. The van der Waals surface area contributed by atoms with Gasteiger partial charge in [0.05, 0.1) is 11.7 Å². The molecule has 0 aliphatic rings. The average Bonchev–Trinajstić information content (AvgIpc) is 2.90. The van der Waals surface area contributed by atoms with Crippen molar-refractivity contribution in [3.8, 4) is 0 Å². The first-order valence-electron chi connectivity index (χ1n) is 6.36. The second-order valence-corrected chi connectivity index (χ2v) is 4.62. The van der Waals surface area contributed by atoms with E-state index in [0.29, 0.717) is 17.9 Å². The molecule has 0 N–H and O–H groups in total. The molecule has 0 spiro atoms. The minimum Gasteiger partial charge on any atom is -0.375 e. The van der Waals surface area contributed by atoms with Gasteiger partial charge in [0, 0.05) is 12.1 Å². The fraction of sp³-hybridized carbons (Fsp3) is 0.133. The van der Waals surface area contributed by atoms with Crippen LogP contribution in [0, 0.1) is 6.23 Å². The summed E-state index contributed by atoms with van der Waals surface area (Å²) in [5.74, 6) is 0. The summed E-state index contributed by atoms with van der Waals surface area (Å²) in [5, 5.41) is 8.94. The normalized spacial score (nSPS) is 10.4. The van der Waals surface area contributed by atoms with Gasteiger partial charge in [-0.1, -0.05) is 41.1 Å². The number of hydrogen-bond donors (Lipinski definition) is 0. The van der Waals surface area contributed by atoms with E-state index in [2.05, 4.69) is 10.3 Å². The minimum absolute atomic E-state index is 0. The number of fused-ring (bicyclic) bond motifs is 1. The Morgan fingerprint density at radius 3 is 2.62 bits per heavy atom. The molecule has 2 aromatic carbocycles. The first-order valence-corrected chi connectivity index (χ1v) is 6.74. The van der Waals surface area contributed by atoms with E-state index < -0.39 is 0 Å². The van der Waals surface area contributed by atoms with E-state index >= 15 is 0 Å². The number of halogens is 1. The predicted octanol–water partition coefficient (Wildman–Crippen LogP) is 0.511. The molecule has 6 heteroatoms. The predicted molar refractivity (Wildman–Crippen MR) is 78.3 cm³/mol. The summed E-state index contributed by atoms with van der Waals surface area (Å²) in [6.45, 7) is 2.45. The molecule has 0 amide bonds. The van der Waals surface area contributed by atoms with Crippen LogP contribution in [0.4, 0.5) is 0 Å². The Morgan fingerprint density at radius 2 is 1.86 bits per heavy atom. The monoisotopic (exact) mass is 293 g/mol. The summed E-state index contributed by atoms with van der Waals surface area (Å²) < 4.78 is 7.43. The topological polar surface area (TPSA) is 39.9 Å². The summed E-state index contributed by atoms with van der Waals surface area (Å²) in [4.78, 5) is 0. The van der Waals surface area contributed by atoms with Gasteiger partial charge in [0.15, 0.2) is 0 Å². The van der Waals surface area contributed by atoms with E-state index in [-0.39, 0.29) is 18.9 Å². The Bertz CT molecular complexity index is 732. The van der Waals surface area contributed by atoms with Gasteiger partial charge < -0.3 is 4.74 Å². The Morgan fingerprint density at radius 1 is 1.14 bits per heavy atom. The van der Waals surface area contributed by atoms with Gasteiger partial charge in [0.2, 0.25) is 0 Å². The van der Waals surface area contributed by atoms with Crippen LogP contribution in [0.5, 0.6) is 0 Å². The Kier molecular flexibility index (Phi) is 5.32. The molecular weight excluding hydrogens is 281 g/mol.